The van der Waals surface area contributed by atoms with E-state index in [9.17, 15) is 0 Å². The summed E-state index contributed by atoms with van der Waals surface area (Å²) >= 11 is 0. The van der Waals surface area contributed by atoms with Gasteiger partial charge in [0.05, 0.1) is 11.0 Å². The van der Waals surface area contributed by atoms with Gasteiger partial charge >= 0.3 is 0 Å². The molecule has 0 aliphatic rings. The second-order valence-electron chi connectivity index (χ2n) is 14.1. The minimum absolute atomic E-state index is 0.582. The Hall–Kier alpha value is -7.63. The van der Waals surface area contributed by atoms with Crippen LogP contribution in [0.4, 0.5) is 0 Å². The zero-order valence-electron chi connectivity index (χ0n) is 30.2. The zero-order chi connectivity index (χ0) is 37.0. The Labute approximate surface area is 322 Å². The van der Waals surface area contributed by atoms with Crippen molar-refractivity contribution in [3.8, 4) is 62.1 Å². The van der Waals surface area contributed by atoms with Crippen LogP contribution in [0.5, 0.6) is 0 Å². The Kier molecular flexibility index (Phi) is 7.42. The molecule has 11 rings (SSSR count). The molecule has 5 nitrogen and oxygen atoms in total. The monoisotopic (exact) mass is 716 g/mol. The molecule has 8 aromatic carbocycles. The van der Waals surface area contributed by atoms with Crippen LogP contribution in [-0.2, 0) is 0 Å². The standard InChI is InChI=1S/C51H32N4O/c1-4-12-33(13-5-1)35-20-24-37(25-21-35)49-52-50(38-26-22-36(23-27-38)34-14-6-2-7-15-34)54-51(53-49)39-28-29-42-44-31-43-41-18-10-11-19-45(41)55(40-16-8-3-9-17-40)46(43)32-48(44)56-47(42)30-39/h1-32H. The van der Waals surface area contributed by atoms with Crippen molar-refractivity contribution in [1.82, 2.24) is 19.5 Å². The SMILES string of the molecule is c1ccc(-c2ccc(-c3nc(-c4ccc(-c5ccccc5)cc4)nc(-c4ccc5c(c4)oc4cc6c(cc45)c4ccccc4n6-c4ccccc4)n3)cc2)cc1. The summed E-state index contributed by atoms with van der Waals surface area (Å²) in [4.78, 5) is 15.2. The van der Waals surface area contributed by atoms with Gasteiger partial charge in [-0.15, -0.1) is 0 Å². The fraction of sp³-hybridized carbons (Fsp3) is 0. The van der Waals surface area contributed by atoms with Crippen LogP contribution < -0.4 is 0 Å². The Morgan fingerprint density at radius 2 is 0.768 bits per heavy atom. The van der Waals surface area contributed by atoms with Gasteiger partial charge in [-0.3, -0.25) is 0 Å². The lowest BCUT2D eigenvalue weighted by Gasteiger charge is -2.10. The second-order valence-corrected chi connectivity index (χ2v) is 14.1. The van der Waals surface area contributed by atoms with E-state index in [1.165, 1.54) is 16.3 Å². The maximum Gasteiger partial charge on any atom is 0.164 e. The molecule has 11 aromatic rings. The first kappa shape index (κ1) is 31.9. The number of rotatable bonds is 6. The van der Waals surface area contributed by atoms with Gasteiger partial charge < -0.3 is 8.98 Å². The van der Waals surface area contributed by atoms with Crippen LogP contribution in [0.25, 0.3) is 106 Å². The molecule has 56 heavy (non-hydrogen) atoms. The van der Waals surface area contributed by atoms with Crippen molar-refractivity contribution >= 4 is 43.7 Å². The molecule has 3 heterocycles. The van der Waals surface area contributed by atoms with Gasteiger partial charge in [-0.05, 0) is 58.7 Å². The van der Waals surface area contributed by atoms with E-state index in [1.54, 1.807) is 0 Å². The number of para-hydroxylation sites is 2. The molecular formula is C51H32N4O. The number of aromatic nitrogens is 4. The molecule has 0 saturated heterocycles. The van der Waals surface area contributed by atoms with Gasteiger partial charge in [0.2, 0.25) is 0 Å². The van der Waals surface area contributed by atoms with Crippen molar-refractivity contribution in [1.29, 1.82) is 0 Å². The van der Waals surface area contributed by atoms with Crippen LogP contribution in [0.15, 0.2) is 199 Å². The van der Waals surface area contributed by atoms with Crippen molar-refractivity contribution in [3.05, 3.63) is 194 Å². The predicted molar refractivity (Wildman–Crippen MR) is 229 cm³/mol. The molecule has 0 radical (unpaired) electrons. The van der Waals surface area contributed by atoms with E-state index < -0.39 is 0 Å². The molecule has 0 atom stereocenters. The second kappa shape index (κ2) is 13.0. The van der Waals surface area contributed by atoms with E-state index >= 15 is 0 Å². The third-order valence-corrected chi connectivity index (χ3v) is 10.7. The summed E-state index contributed by atoms with van der Waals surface area (Å²) < 4.78 is 8.98. The van der Waals surface area contributed by atoms with Crippen LogP contribution >= 0.6 is 0 Å². The smallest absolute Gasteiger partial charge is 0.164 e. The summed E-state index contributed by atoms with van der Waals surface area (Å²) in [6, 6.07) is 67.4. The topological polar surface area (TPSA) is 56.7 Å². The molecule has 0 bridgehead atoms. The van der Waals surface area contributed by atoms with Crippen LogP contribution in [0.2, 0.25) is 0 Å². The number of hydrogen-bond acceptors (Lipinski definition) is 4. The minimum atomic E-state index is 0.582. The lowest BCUT2D eigenvalue weighted by molar-refractivity contribution is 0.669. The summed E-state index contributed by atoms with van der Waals surface area (Å²) in [6.07, 6.45) is 0. The highest BCUT2D eigenvalue weighted by molar-refractivity contribution is 6.17. The van der Waals surface area contributed by atoms with Gasteiger partial charge in [-0.1, -0.05) is 152 Å². The van der Waals surface area contributed by atoms with E-state index in [1.807, 2.05) is 18.2 Å². The number of benzene rings is 8. The molecule has 262 valence electrons. The number of hydrogen-bond donors (Lipinski definition) is 0. The largest absolute Gasteiger partial charge is 0.456 e. The molecule has 3 aromatic heterocycles. The summed E-state index contributed by atoms with van der Waals surface area (Å²) in [5.74, 6) is 1.80. The highest BCUT2D eigenvalue weighted by atomic mass is 16.3. The fourth-order valence-corrected chi connectivity index (χ4v) is 7.88. The van der Waals surface area contributed by atoms with Crippen molar-refractivity contribution in [3.63, 3.8) is 0 Å². The summed E-state index contributed by atoms with van der Waals surface area (Å²) in [7, 11) is 0. The highest BCUT2D eigenvalue weighted by Crippen LogP contribution is 2.39. The molecule has 0 N–H and O–H groups in total. The first-order valence-electron chi connectivity index (χ1n) is 18.8. The van der Waals surface area contributed by atoms with Gasteiger partial charge in [-0.25, -0.2) is 15.0 Å². The van der Waals surface area contributed by atoms with Gasteiger partial charge in [0, 0.05) is 50.0 Å². The normalized spacial score (nSPS) is 11.6. The van der Waals surface area contributed by atoms with Gasteiger partial charge in [0.15, 0.2) is 17.5 Å². The molecular weight excluding hydrogens is 685 g/mol. The van der Waals surface area contributed by atoms with Crippen LogP contribution in [0.3, 0.4) is 0 Å². The fourth-order valence-electron chi connectivity index (χ4n) is 7.88. The van der Waals surface area contributed by atoms with Crippen LogP contribution in [-0.4, -0.2) is 19.5 Å². The molecule has 0 saturated carbocycles. The Morgan fingerprint density at radius 3 is 1.38 bits per heavy atom. The van der Waals surface area contributed by atoms with E-state index in [2.05, 4.69) is 180 Å². The summed E-state index contributed by atoms with van der Waals surface area (Å²) in [6.45, 7) is 0. The van der Waals surface area contributed by atoms with Gasteiger partial charge in [0.25, 0.3) is 0 Å². The number of nitrogens with zero attached hydrogens (tertiary/aromatic N) is 4. The van der Waals surface area contributed by atoms with E-state index in [-0.39, 0.29) is 0 Å². The van der Waals surface area contributed by atoms with Crippen molar-refractivity contribution in [2.45, 2.75) is 0 Å². The van der Waals surface area contributed by atoms with Crippen LogP contribution in [0, 0.1) is 0 Å². The Morgan fingerprint density at radius 1 is 0.304 bits per heavy atom. The van der Waals surface area contributed by atoms with Gasteiger partial charge in [0.1, 0.15) is 11.2 Å². The Bertz CT molecular complexity index is 3100. The summed E-state index contributed by atoms with van der Waals surface area (Å²) in [5.41, 5.74) is 12.3. The van der Waals surface area contributed by atoms with E-state index in [4.69, 9.17) is 19.4 Å². The third kappa shape index (κ3) is 5.45. The average Bonchev–Trinajstić information content (AvgIpc) is 3.80. The highest BCUT2D eigenvalue weighted by Gasteiger charge is 2.18. The predicted octanol–water partition coefficient (Wildman–Crippen LogP) is 13.2. The molecule has 0 aliphatic heterocycles. The quantitative estimate of drug-likeness (QED) is 0.172. The first-order chi connectivity index (χ1) is 27.7. The van der Waals surface area contributed by atoms with E-state index in [0.29, 0.717) is 17.5 Å². The van der Waals surface area contributed by atoms with Crippen molar-refractivity contribution < 1.29 is 4.42 Å². The van der Waals surface area contributed by atoms with Gasteiger partial charge in [-0.2, -0.15) is 0 Å². The molecule has 5 heteroatoms. The summed E-state index contributed by atoms with van der Waals surface area (Å²) in [5, 5.41) is 4.51. The number of fused-ring (bicyclic) bond motifs is 6. The number of furan rings is 1. The van der Waals surface area contributed by atoms with Crippen molar-refractivity contribution in [2.24, 2.45) is 0 Å². The maximum absolute atomic E-state index is 6.67. The van der Waals surface area contributed by atoms with E-state index in [0.717, 1.165) is 72.1 Å². The Balaban J connectivity index is 1.04. The zero-order valence-corrected chi connectivity index (χ0v) is 30.2. The minimum Gasteiger partial charge on any atom is -0.456 e. The molecule has 0 fully saturated rings. The van der Waals surface area contributed by atoms with Crippen molar-refractivity contribution in [2.75, 3.05) is 0 Å². The lowest BCUT2D eigenvalue weighted by atomic mass is 10.0. The van der Waals surface area contributed by atoms with Crippen LogP contribution in [0.1, 0.15) is 0 Å². The molecule has 0 unspecified atom stereocenters. The lowest BCUT2D eigenvalue weighted by Crippen LogP contribution is -2.00. The molecule has 0 spiro atoms. The maximum atomic E-state index is 6.67. The average molecular weight is 717 g/mol. The third-order valence-electron chi connectivity index (χ3n) is 10.7. The molecule has 0 aliphatic carbocycles. The first-order valence-corrected chi connectivity index (χ1v) is 18.8. The molecule has 0 amide bonds.